The summed E-state index contributed by atoms with van der Waals surface area (Å²) in [6, 6.07) is 13.4. The van der Waals surface area contributed by atoms with E-state index in [1.54, 1.807) is 18.2 Å². The number of carbonyl (C=O) groups is 1. The van der Waals surface area contributed by atoms with Crippen LogP contribution in [0.4, 0.5) is 11.4 Å². The molecule has 8 nitrogen and oxygen atoms in total. The van der Waals surface area contributed by atoms with E-state index in [1.165, 1.54) is 0 Å². The second kappa shape index (κ2) is 8.40. The largest absolute Gasteiger partial charge is 0.492 e. The van der Waals surface area contributed by atoms with Crippen LogP contribution in [0.15, 0.2) is 47.3 Å². The molecule has 1 aliphatic heterocycles. The van der Waals surface area contributed by atoms with Gasteiger partial charge < -0.3 is 24.9 Å². The molecule has 2 heterocycles. The Hall–Kier alpha value is -3.26. The van der Waals surface area contributed by atoms with E-state index in [-0.39, 0.29) is 11.6 Å². The predicted octanol–water partition coefficient (Wildman–Crippen LogP) is 2.02. The third-order valence-electron chi connectivity index (χ3n) is 5.05. The predicted molar refractivity (Wildman–Crippen MR) is 114 cm³/mol. The quantitative estimate of drug-likeness (QED) is 0.594. The molecule has 4 rings (SSSR count). The second-order valence-electron chi connectivity index (χ2n) is 7.05. The smallest absolute Gasteiger partial charge is 0.323 e. The number of para-hydroxylation sites is 2. The Bertz CT molecular complexity index is 1050. The molecule has 0 radical (unpaired) electrons. The standard InChI is InChI=1S/C21H25N5O3/c1-2-29-19-6-4-3-5-18(19)26-11-9-25(10-12-26)14-20(27)22-15-7-8-16-17(13-15)24-21(28)23-16/h3-8,13H,2,9-12,14H2,1H3,(H,22,27)(H2,23,24,28). The summed E-state index contributed by atoms with van der Waals surface area (Å²) in [6.07, 6.45) is 0. The lowest BCUT2D eigenvalue weighted by Gasteiger charge is -2.36. The molecular formula is C21H25N5O3. The van der Waals surface area contributed by atoms with E-state index in [0.29, 0.717) is 24.4 Å². The first-order valence-corrected chi connectivity index (χ1v) is 9.83. The van der Waals surface area contributed by atoms with E-state index < -0.39 is 0 Å². The molecular weight excluding hydrogens is 370 g/mol. The van der Waals surface area contributed by atoms with Crippen molar-refractivity contribution in [2.75, 3.05) is 49.5 Å². The molecule has 1 saturated heterocycles. The van der Waals surface area contributed by atoms with Crippen LogP contribution >= 0.6 is 0 Å². The zero-order valence-corrected chi connectivity index (χ0v) is 16.4. The van der Waals surface area contributed by atoms with Gasteiger partial charge in [-0.1, -0.05) is 12.1 Å². The van der Waals surface area contributed by atoms with Crippen LogP contribution in [0.3, 0.4) is 0 Å². The topological polar surface area (TPSA) is 93.5 Å². The van der Waals surface area contributed by atoms with E-state index in [2.05, 4.69) is 31.2 Å². The van der Waals surface area contributed by atoms with Crippen molar-refractivity contribution in [3.8, 4) is 5.75 Å². The number of imidazole rings is 1. The van der Waals surface area contributed by atoms with Crippen molar-refractivity contribution < 1.29 is 9.53 Å². The van der Waals surface area contributed by atoms with Crippen molar-refractivity contribution >= 4 is 28.3 Å². The van der Waals surface area contributed by atoms with Crippen LogP contribution in [-0.4, -0.2) is 60.1 Å². The van der Waals surface area contributed by atoms with Gasteiger partial charge in [0.15, 0.2) is 0 Å². The van der Waals surface area contributed by atoms with Crippen molar-refractivity contribution in [1.82, 2.24) is 14.9 Å². The Labute approximate surface area is 168 Å². The van der Waals surface area contributed by atoms with Crippen LogP contribution in [0, 0.1) is 0 Å². The van der Waals surface area contributed by atoms with Gasteiger partial charge in [0.05, 0.1) is 29.9 Å². The summed E-state index contributed by atoms with van der Waals surface area (Å²) in [6.45, 7) is 6.25. The lowest BCUT2D eigenvalue weighted by Crippen LogP contribution is -2.48. The molecule has 1 fully saturated rings. The summed E-state index contributed by atoms with van der Waals surface area (Å²) >= 11 is 0. The van der Waals surface area contributed by atoms with Gasteiger partial charge >= 0.3 is 5.69 Å². The molecule has 152 valence electrons. The van der Waals surface area contributed by atoms with Gasteiger partial charge in [-0.2, -0.15) is 0 Å². The normalized spacial score (nSPS) is 14.9. The van der Waals surface area contributed by atoms with Crippen LogP contribution in [0.25, 0.3) is 11.0 Å². The van der Waals surface area contributed by atoms with Crippen LogP contribution in [0.5, 0.6) is 5.75 Å². The van der Waals surface area contributed by atoms with Crippen molar-refractivity contribution in [3.63, 3.8) is 0 Å². The van der Waals surface area contributed by atoms with Gasteiger partial charge in [-0.3, -0.25) is 9.69 Å². The number of piperazine rings is 1. The van der Waals surface area contributed by atoms with E-state index in [4.69, 9.17) is 4.74 Å². The highest BCUT2D eigenvalue weighted by atomic mass is 16.5. The molecule has 3 aromatic rings. The number of aromatic amines is 2. The fourth-order valence-corrected chi connectivity index (χ4v) is 3.66. The Morgan fingerprint density at radius 3 is 2.62 bits per heavy atom. The van der Waals surface area contributed by atoms with Crippen LogP contribution in [0.2, 0.25) is 0 Å². The lowest BCUT2D eigenvalue weighted by molar-refractivity contribution is -0.117. The Morgan fingerprint density at radius 1 is 1.07 bits per heavy atom. The summed E-state index contributed by atoms with van der Waals surface area (Å²) in [7, 11) is 0. The molecule has 0 aliphatic carbocycles. The maximum atomic E-state index is 12.4. The number of hydrogen-bond donors (Lipinski definition) is 3. The number of benzene rings is 2. The third-order valence-corrected chi connectivity index (χ3v) is 5.05. The number of rotatable bonds is 6. The highest BCUT2D eigenvalue weighted by Gasteiger charge is 2.21. The Morgan fingerprint density at radius 2 is 1.83 bits per heavy atom. The maximum absolute atomic E-state index is 12.4. The molecule has 2 aromatic carbocycles. The SMILES string of the molecule is CCOc1ccccc1N1CCN(CC(=O)Nc2ccc3[nH]c(=O)[nH]c3c2)CC1. The summed E-state index contributed by atoms with van der Waals surface area (Å²) in [5.74, 6) is 0.838. The zero-order chi connectivity index (χ0) is 20.2. The Kier molecular flexibility index (Phi) is 5.53. The average Bonchev–Trinajstić information content (AvgIpc) is 3.08. The first-order valence-electron chi connectivity index (χ1n) is 9.83. The number of hydrogen-bond acceptors (Lipinski definition) is 5. The molecule has 0 saturated carbocycles. The van der Waals surface area contributed by atoms with Gasteiger partial charge in [0.2, 0.25) is 5.91 Å². The minimum Gasteiger partial charge on any atom is -0.492 e. The number of ether oxygens (including phenoxy) is 1. The number of H-pyrrole nitrogens is 2. The number of nitrogens with one attached hydrogen (secondary N) is 3. The number of nitrogens with zero attached hydrogens (tertiary/aromatic N) is 2. The lowest BCUT2D eigenvalue weighted by atomic mass is 10.2. The molecule has 1 aromatic heterocycles. The van der Waals surface area contributed by atoms with E-state index in [1.807, 2.05) is 25.1 Å². The van der Waals surface area contributed by atoms with Crippen LogP contribution in [0.1, 0.15) is 6.92 Å². The highest BCUT2D eigenvalue weighted by molar-refractivity contribution is 5.94. The molecule has 1 amide bonds. The molecule has 0 bridgehead atoms. The van der Waals surface area contributed by atoms with E-state index in [9.17, 15) is 9.59 Å². The van der Waals surface area contributed by atoms with Gasteiger partial charge in [-0.05, 0) is 37.3 Å². The first-order chi connectivity index (χ1) is 14.1. The number of carbonyl (C=O) groups excluding carboxylic acids is 1. The molecule has 29 heavy (non-hydrogen) atoms. The fraction of sp³-hybridized carbons (Fsp3) is 0.333. The summed E-state index contributed by atoms with van der Waals surface area (Å²) in [5, 5.41) is 2.91. The Balaban J connectivity index is 1.32. The van der Waals surface area contributed by atoms with Gasteiger partial charge in [0.25, 0.3) is 0 Å². The van der Waals surface area contributed by atoms with Crippen LogP contribution in [-0.2, 0) is 4.79 Å². The van der Waals surface area contributed by atoms with Gasteiger partial charge in [-0.25, -0.2) is 4.79 Å². The van der Waals surface area contributed by atoms with Crippen molar-refractivity contribution in [2.45, 2.75) is 6.92 Å². The minimum atomic E-state index is -0.257. The molecule has 0 spiro atoms. The molecule has 0 unspecified atom stereocenters. The summed E-state index contributed by atoms with van der Waals surface area (Å²) < 4.78 is 5.74. The van der Waals surface area contributed by atoms with Crippen LogP contribution < -0.4 is 20.6 Å². The number of amides is 1. The molecule has 1 aliphatic rings. The third kappa shape index (κ3) is 4.43. The second-order valence-corrected chi connectivity index (χ2v) is 7.05. The monoisotopic (exact) mass is 395 g/mol. The molecule has 3 N–H and O–H groups in total. The average molecular weight is 395 g/mol. The van der Waals surface area contributed by atoms with Crippen molar-refractivity contribution in [2.24, 2.45) is 0 Å². The fourth-order valence-electron chi connectivity index (χ4n) is 3.66. The number of aromatic nitrogens is 2. The number of anilines is 2. The number of fused-ring (bicyclic) bond motifs is 1. The highest BCUT2D eigenvalue weighted by Crippen LogP contribution is 2.28. The zero-order valence-electron chi connectivity index (χ0n) is 16.4. The first kappa shape index (κ1) is 19.1. The van der Waals surface area contributed by atoms with Gasteiger partial charge in [-0.15, -0.1) is 0 Å². The molecule has 0 atom stereocenters. The summed E-state index contributed by atoms with van der Waals surface area (Å²) in [5.41, 5.74) is 2.91. The van der Waals surface area contributed by atoms with Gasteiger partial charge in [0.1, 0.15) is 5.75 Å². The maximum Gasteiger partial charge on any atom is 0.323 e. The van der Waals surface area contributed by atoms with Gasteiger partial charge in [0, 0.05) is 31.9 Å². The van der Waals surface area contributed by atoms with E-state index >= 15 is 0 Å². The van der Waals surface area contributed by atoms with Crippen molar-refractivity contribution in [3.05, 3.63) is 52.9 Å². The van der Waals surface area contributed by atoms with Crippen molar-refractivity contribution in [1.29, 1.82) is 0 Å². The minimum absolute atomic E-state index is 0.0644. The summed E-state index contributed by atoms with van der Waals surface area (Å²) in [4.78, 5) is 33.6. The molecule has 8 heteroatoms. The van der Waals surface area contributed by atoms with E-state index in [0.717, 1.165) is 43.1 Å².